The number of hydrogen-bond acceptors (Lipinski definition) is 6. The predicted octanol–water partition coefficient (Wildman–Crippen LogP) is 4.33. The van der Waals surface area contributed by atoms with Crippen LogP contribution in [-0.4, -0.2) is 33.5 Å². The SMILES string of the molecule is Cc1cccc(C)c1OC[C@H](O)CSc1ncnc2sc3c(c12)CCC3. The molecule has 1 atom stereocenters. The highest BCUT2D eigenvalue weighted by Crippen LogP contribution is 2.40. The fourth-order valence-electron chi connectivity index (χ4n) is 3.44. The Kier molecular flexibility index (Phi) is 5.16. The number of aliphatic hydroxyl groups excluding tert-OH is 1. The van der Waals surface area contributed by atoms with Gasteiger partial charge in [-0.1, -0.05) is 18.2 Å². The fraction of sp³-hybridized carbons (Fsp3) is 0.400. The van der Waals surface area contributed by atoms with Crippen LogP contribution in [0.2, 0.25) is 0 Å². The number of para-hydroxylation sites is 1. The Balaban J connectivity index is 1.42. The highest BCUT2D eigenvalue weighted by Gasteiger charge is 2.21. The average Bonchev–Trinajstić information content (AvgIpc) is 3.20. The smallest absolute Gasteiger partial charge is 0.128 e. The Bertz CT molecular complexity index is 919. The Morgan fingerprint density at radius 2 is 2.04 bits per heavy atom. The average molecular weight is 387 g/mol. The Morgan fingerprint density at radius 1 is 1.23 bits per heavy atom. The van der Waals surface area contributed by atoms with Crippen LogP contribution in [0.15, 0.2) is 29.6 Å². The molecule has 0 saturated carbocycles. The third-order valence-electron chi connectivity index (χ3n) is 4.71. The molecule has 3 aromatic rings. The van der Waals surface area contributed by atoms with E-state index in [4.69, 9.17) is 4.74 Å². The summed E-state index contributed by atoms with van der Waals surface area (Å²) in [5.74, 6) is 1.43. The first-order valence-corrected chi connectivity index (χ1v) is 10.7. The molecule has 0 spiro atoms. The van der Waals surface area contributed by atoms with Gasteiger partial charge in [-0.2, -0.15) is 0 Å². The topological polar surface area (TPSA) is 55.2 Å². The van der Waals surface area contributed by atoms with Crippen LogP contribution in [0.4, 0.5) is 0 Å². The van der Waals surface area contributed by atoms with Crippen LogP contribution >= 0.6 is 23.1 Å². The fourth-order valence-corrected chi connectivity index (χ4v) is 5.66. The van der Waals surface area contributed by atoms with Gasteiger partial charge in [-0.15, -0.1) is 23.1 Å². The van der Waals surface area contributed by atoms with Crippen molar-refractivity contribution in [2.75, 3.05) is 12.4 Å². The van der Waals surface area contributed by atoms with Crippen molar-refractivity contribution in [3.63, 3.8) is 0 Å². The van der Waals surface area contributed by atoms with E-state index in [1.54, 1.807) is 29.4 Å². The molecule has 4 nitrogen and oxygen atoms in total. The van der Waals surface area contributed by atoms with E-state index in [-0.39, 0.29) is 6.61 Å². The molecular weight excluding hydrogens is 364 g/mol. The second-order valence-electron chi connectivity index (χ2n) is 6.71. The van der Waals surface area contributed by atoms with Crippen LogP contribution in [0, 0.1) is 13.8 Å². The quantitative estimate of drug-likeness (QED) is 0.505. The minimum absolute atomic E-state index is 0.286. The zero-order chi connectivity index (χ0) is 18.1. The molecule has 1 N–H and O–H groups in total. The standard InChI is InChI=1S/C20H22N2O2S2/c1-12-5-3-6-13(2)18(12)24-9-14(23)10-25-19-17-15-7-4-8-16(15)26-20(17)22-11-21-19/h3,5-6,11,14,23H,4,7-10H2,1-2H3/t14-/m0/s1. The second-order valence-corrected chi connectivity index (χ2v) is 8.81. The minimum Gasteiger partial charge on any atom is -0.490 e. The van der Waals surface area contributed by atoms with Crippen LogP contribution < -0.4 is 4.74 Å². The lowest BCUT2D eigenvalue weighted by molar-refractivity contribution is 0.125. The summed E-state index contributed by atoms with van der Waals surface area (Å²) in [7, 11) is 0. The van der Waals surface area contributed by atoms with Gasteiger partial charge >= 0.3 is 0 Å². The van der Waals surface area contributed by atoms with E-state index in [1.807, 2.05) is 32.0 Å². The molecule has 0 fully saturated rings. The van der Waals surface area contributed by atoms with Crippen molar-refractivity contribution in [2.24, 2.45) is 0 Å². The maximum absolute atomic E-state index is 10.4. The van der Waals surface area contributed by atoms with E-state index < -0.39 is 6.10 Å². The minimum atomic E-state index is -0.546. The van der Waals surface area contributed by atoms with Gasteiger partial charge in [0.05, 0.1) is 6.10 Å². The lowest BCUT2D eigenvalue weighted by Crippen LogP contribution is -2.20. The molecule has 0 amide bonds. The van der Waals surface area contributed by atoms with Gasteiger partial charge < -0.3 is 9.84 Å². The number of aliphatic hydroxyl groups is 1. The molecule has 0 bridgehead atoms. The van der Waals surface area contributed by atoms with Crippen LogP contribution in [-0.2, 0) is 12.8 Å². The molecule has 2 aromatic heterocycles. The molecular formula is C20H22N2O2S2. The largest absolute Gasteiger partial charge is 0.490 e. The third-order valence-corrected chi connectivity index (χ3v) is 7.04. The van der Waals surface area contributed by atoms with Crippen molar-refractivity contribution in [3.05, 3.63) is 46.1 Å². The molecule has 4 rings (SSSR count). The molecule has 0 saturated heterocycles. The van der Waals surface area contributed by atoms with Gasteiger partial charge in [-0.05, 0) is 49.8 Å². The second kappa shape index (κ2) is 7.55. The summed E-state index contributed by atoms with van der Waals surface area (Å²) < 4.78 is 5.87. The third kappa shape index (κ3) is 3.46. The number of benzene rings is 1. The van der Waals surface area contributed by atoms with Crippen molar-refractivity contribution in [1.29, 1.82) is 0 Å². The molecule has 1 aliphatic carbocycles. The zero-order valence-corrected chi connectivity index (χ0v) is 16.6. The van der Waals surface area contributed by atoms with E-state index in [9.17, 15) is 5.11 Å². The van der Waals surface area contributed by atoms with Crippen LogP contribution in [0.5, 0.6) is 5.75 Å². The van der Waals surface area contributed by atoms with Gasteiger partial charge in [-0.3, -0.25) is 0 Å². The molecule has 1 aromatic carbocycles. The number of hydrogen-bond donors (Lipinski definition) is 1. The number of thioether (sulfide) groups is 1. The van der Waals surface area contributed by atoms with E-state index in [0.29, 0.717) is 5.75 Å². The predicted molar refractivity (Wildman–Crippen MR) is 108 cm³/mol. The Labute approximate surface area is 161 Å². The number of ether oxygens (including phenoxy) is 1. The van der Waals surface area contributed by atoms with Crippen molar-refractivity contribution >= 4 is 33.3 Å². The van der Waals surface area contributed by atoms with E-state index >= 15 is 0 Å². The number of rotatable bonds is 6. The lowest BCUT2D eigenvalue weighted by Gasteiger charge is -2.15. The molecule has 0 unspecified atom stereocenters. The highest BCUT2D eigenvalue weighted by molar-refractivity contribution is 7.99. The summed E-state index contributed by atoms with van der Waals surface area (Å²) in [6.07, 6.45) is 4.59. The van der Waals surface area contributed by atoms with Gasteiger partial charge in [0.15, 0.2) is 0 Å². The van der Waals surface area contributed by atoms with Crippen molar-refractivity contribution in [2.45, 2.75) is 44.2 Å². The number of thiophene rings is 1. The maximum atomic E-state index is 10.4. The molecule has 26 heavy (non-hydrogen) atoms. The Morgan fingerprint density at radius 3 is 2.85 bits per heavy atom. The summed E-state index contributed by atoms with van der Waals surface area (Å²) in [6.45, 7) is 4.34. The van der Waals surface area contributed by atoms with Gasteiger partial charge in [0.2, 0.25) is 0 Å². The first-order chi connectivity index (χ1) is 12.6. The van der Waals surface area contributed by atoms with Crippen LogP contribution in [0.3, 0.4) is 0 Å². The molecule has 0 radical (unpaired) electrons. The van der Waals surface area contributed by atoms with Crippen LogP contribution in [0.25, 0.3) is 10.2 Å². The van der Waals surface area contributed by atoms with Crippen LogP contribution in [0.1, 0.15) is 28.0 Å². The van der Waals surface area contributed by atoms with Gasteiger partial charge in [0.1, 0.15) is 28.5 Å². The number of aryl methyl sites for hydroxylation is 4. The zero-order valence-electron chi connectivity index (χ0n) is 15.0. The molecule has 1 aliphatic rings. The summed E-state index contributed by atoms with van der Waals surface area (Å²) in [5.41, 5.74) is 3.61. The number of aromatic nitrogens is 2. The molecule has 0 aliphatic heterocycles. The Hall–Kier alpha value is -1.63. The summed E-state index contributed by atoms with van der Waals surface area (Å²) >= 11 is 3.39. The van der Waals surface area contributed by atoms with E-state index in [0.717, 1.165) is 39.6 Å². The number of fused-ring (bicyclic) bond motifs is 3. The number of nitrogens with zero attached hydrogens (tertiary/aromatic N) is 2. The first kappa shape index (κ1) is 17.8. The molecule has 2 heterocycles. The maximum Gasteiger partial charge on any atom is 0.128 e. The lowest BCUT2D eigenvalue weighted by atomic mass is 10.1. The van der Waals surface area contributed by atoms with Crippen molar-refractivity contribution < 1.29 is 9.84 Å². The van der Waals surface area contributed by atoms with Gasteiger partial charge in [-0.25, -0.2) is 9.97 Å². The van der Waals surface area contributed by atoms with Crippen molar-refractivity contribution in [1.82, 2.24) is 9.97 Å². The molecule has 136 valence electrons. The summed E-state index contributed by atoms with van der Waals surface area (Å²) in [4.78, 5) is 11.5. The summed E-state index contributed by atoms with van der Waals surface area (Å²) in [5, 5.41) is 12.6. The van der Waals surface area contributed by atoms with E-state index in [2.05, 4.69) is 9.97 Å². The first-order valence-electron chi connectivity index (χ1n) is 8.88. The van der Waals surface area contributed by atoms with Gasteiger partial charge in [0, 0.05) is 16.0 Å². The highest BCUT2D eigenvalue weighted by atomic mass is 32.2. The summed E-state index contributed by atoms with van der Waals surface area (Å²) in [6, 6.07) is 6.07. The monoisotopic (exact) mass is 386 g/mol. The normalized spacial score (nSPS) is 14.6. The molecule has 6 heteroatoms. The van der Waals surface area contributed by atoms with E-state index in [1.165, 1.54) is 22.2 Å². The van der Waals surface area contributed by atoms with Gasteiger partial charge in [0.25, 0.3) is 0 Å². The van der Waals surface area contributed by atoms with Crippen molar-refractivity contribution in [3.8, 4) is 5.75 Å².